The molecule has 150 valence electrons. The zero-order chi connectivity index (χ0) is 21.3. The van der Waals surface area contributed by atoms with Gasteiger partial charge in [0, 0.05) is 11.1 Å². The number of ether oxygens (including phenoxy) is 1. The lowest BCUT2D eigenvalue weighted by Gasteiger charge is -2.41. The average molecular weight is 397 g/mol. The summed E-state index contributed by atoms with van der Waals surface area (Å²) >= 11 is 0. The second kappa shape index (κ2) is 7.64. The maximum atomic E-state index is 13.4. The Morgan fingerprint density at radius 3 is 2.13 bits per heavy atom. The number of hydrogen-bond acceptors (Lipinski definition) is 3. The molecule has 0 radical (unpaired) electrons. The van der Waals surface area contributed by atoms with Crippen LogP contribution in [0.4, 0.5) is 5.69 Å². The lowest BCUT2D eigenvalue weighted by Crippen LogP contribution is -2.49. The van der Waals surface area contributed by atoms with E-state index in [-0.39, 0.29) is 5.91 Å². The van der Waals surface area contributed by atoms with Crippen LogP contribution in [-0.4, -0.2) is 17.4 Å². The third kappa shape index (κ3) is 3.64. The van der Waals surface area contributed by atoms with Gasteiger partial charge in [-0.25, -0.2) is 4.79 Å². The first kappa shape index (κ1) is 19.6. The molecule has 3 aromatic carbocycles. The first-order chi connectivity index (χ1) is 14.4. The van der Waals surface area contributed by atoms with Gasteiger partial charge in [-0.15, -0.1) is 0 Å². The van der Waals surface area contributed by atoms with E-state index in [0.29, 0.717) is 22.6 Å². The Bertz CT molecular complexity index is 1130. The van der Waals surface area contributed by atoms with E-state index in [9.17, 15) is 9.59 Å². The van der Waals surface area contributed by atoms with Gasteiger partial charge in [0.2, 0.25) is 0 Å². The molecule has 4 heteroatoms. The molecule has 1 heterocycles. The molecule has 1 aliphatic rings. The lowest BCUT2D eigenvalue weighted by molar-refractivity contribution is 0.0734. The number of benzene rings is 3. The molecular formula is C26H23NO3. The van der Waals surface area contributed by atoms with Crippen molar-refractivity contribution in [1.29, 1.82) is 0 Å². The highest BCUT2D eigenvalue weighted by atomic mass is 16.5. The van der Waals surface area contributed by atoms with Gasteiger partial charge in [0.15, 0.2) is 0 Å². The summed E-state index contributed by atoms with van der Waals surface area (Å²) < 4.78 is 5.49. The number of carbonyl (C=O) groups excluding carboxylic acids is 2. The molecule has 30 heavy (non-hydrogen) atoms. The molecule has 0 spiro atoms. The first-order valence-electron chi connectivity index (χ1n) is 9.87. The summed E-state index contributed by atoms with van der Waals surface area (Å²) in [6.45, 7) is 6.01. The van der Waals surface area contributed by atoms with Gasteiger partial charge in [0.1, 0.15) is 5.75 Å². The van der Waals surface area contributed by atoms with Gasteiger partial charge in [0.05, 0.1) is 16.8 Å². The Morgan fingerprint density at radius 2 is 1.47 bits per heavy atom. The fraction of sp³-hybridized carbons (Fsp3) is 0.154. The molecule has 1 amide bonds. The Labute approximate surface area is 176 Å². The Kier molecular flexibility index (Phi) is 5.00. The quantitative estimate of drug-likeness (QED) is 0.418. The summed E-state index contributed by atoms with van der Waals surface area (Å²) in [5.74, 6) is -0.0888. The van der Waals surface area contributed by atoms with E-state index in [1.54, 1.807) is 41.3 Å². The number of rotatable bonds is 3. The first-order valence-corrected chi connectivity index (χ1v) is 9.87. The van der Waals surface area contributed by atoms with Crippen molar-refractivity contribution in [1.82, 2.24) is 0 Å². The number of para-hydroxylation sites is 1. The smallest absolute Gasteiger partial charge is 0.343 e. The van der Waals surface area contributed by atoms with Crippen LogP contribution in [0, 0.1) is 0 Å². The standard InChI is InChI=1S/C26H23NO3/c1-18-17-26(2,3)27(24(28)19-10-6-4-7-11-19)23-16-20(14-15-22(18)23)25(29)30-21-12-8-5-9-13-21/h4-17H,1-3H3. The number of esters is 1. The van der Waals surface area contributed by atoms with Crippen molar-refractivity contribution in [3.05, 3.63) is 102 Å². The van der Waals surface area contributed by atoms with Crippen molar-refractivity contribution in [2.45, 2.75) is 26.3 Å². The Hall–Kier alpha value is -3.66. The normalized spacial score (nSPS) is 14.5. The fourth-order valence-electron chi connectivity index (χ4n) is 3.90. The van der Waals surface area contributed by atoms with Gasteiger partial charge >= 0.3 is 5.97 Å². The van der Waals surface area contributed by atoms with Gasteiger partial charge < -0.3 is 4.74 Å². The zero-order valence-corrected chi connectivity index (χ0v) is 17.3. The van der Waals surface area contributed by atoms with E-state index in [1.165, 1.54) is 0 Å². The van der Waals surface area contributed by atoms with Crippen molar-refractivity contribution < 1.29 is 14.3 Å². The topological polar surface area (TPSA) is 46.6 Å². The van der Waals surface area contributed by atoms with Crippen molar-refractivity contribution >= 4 is 23.1 Å². The third-order valence-corrected chi connectivity index (χ3v) is 5.22. The van der Waals surface area contributed by atoms with Crippen LogP contribution in [0.3, 0.4) is 0 Å². The summed E-state index contributed by atoms with van der Waals surface area (Å²) in [4.78, 5) is 27.9. The summed E-state index contributed by atoms with van der Waals surface area (Å²) in [6.07, 6.45) is 2.08. The summed E-state index contributed by atoms with van der Waals surface area (Å²) in [5, 5.41) is 0. The van der Waals surface area contributed by atoms with Crippen molar-refractivity contribution in [3.8, 4) is 5.75 Å². The molecular weight excluding hydrogens is 374 g/mol. The molecule has 4 nitrogen and oxygen atoms in total. The molecule has 0 aliphatic carbocycles. The second-order valence-electron chi connectivity index (χ2n) is 7.92. The Balaban J connectivity index is 1.76. The highest BCUT2D eigenvalue weighted by Crippen LogP contribution is 2.40. The van der Waals surface area contributed by atoms with Crippen molar-refractivity contribution in [2.24, 2.45) is 0 Å². The van der Waals surface area contributed by atoms with E-state index in [0.717, 1.165) is 11.1 Å². The number of amides is 1. The van der Waals surface area contributed by atoms with E-state index in [1.807, 2.05) is 63.2 Å². The van der Waals surface area contributed by atoms with Crippen LogP contribution >= 0.6 is 0 Å². The van der Waals surface area contributed by atoms with E-state index < -0.39 is 11.5 Å². The molecule has 4 rings (SSSR count). The molecule has 0 unspecified atom stereocenters. The van der Waals surface area contributed by atoms with Crippen LogP contribution in [-0.2, 0) is 0 Å². The van der Waals surface area contributed by atoms with E-state index in [4.69, 9.17) is 4.74 Å². The van der Waals surface area contributed by atoms with Crippen LogP contribution in [0.15, 0.2) is 84.9 Å². The lowest BCUT2D eigenvalue weighted by atomic mass is 9.87. The van der Waals surface area contributed by atoms with Gasteiger partial charge in [-0.3, -0.25) is 9.69 Å². The molecule has 0 N–H and O–H groups in total. The van der Waals surface area contributed by atoms with Crippen LogP contribution in [0.1, 0.15) is 47.1 Å². The van der Waals surface area contributed by atoms with Crippen LogP contribution in [0.5, 0.6) is 5.75 Å². The molecule has 3 aromatic rings. The summed E-state index contributed by atoms with van der Waals surface area (Å²) in [5.41, 5.74) is 3.14. The predicted octanol–water partition coefficient (Wildman–Crippen LogP) is 5.75. The molecule has 0 bridgehead atoms. The highest BCUT2D eigenvalue weighted by Gasteiger charge is 2.36. The van der Waals surface area contributed by atoms with E-state index in [2.05, 4.69) is 6.08 Å². The van der Waals surface area contributed by atoms with Gasteiger partial charge in [-0.2, -0.15) is 0 Å². The van der Waals surface area contributed by atoms with Crippen LogP contribution in [0.2, 0.25) is 0 Å². The van der Waals surface area contributed by atoms with Gasteiger partial charge in [-0.05, 0) is 62.7 Å². The molecule has 0 fully saturated rings. The third-order valence-electron chi connectivity index (χ3n) is 5.22. The minimum Gasteiger partial charge on any atom is -0.423 e. The number of hydrogen-bond donors (Lipinski definition) is 0. The number of allylic oxidation sites excluding steroid dienone is 1. The number of carbonyl (C=O) groups is 2. The van der Waals surface area contributed by atoms with Crippen molar-refractivity contribution in [2.75, 3.05) is 4.90 Å². The highest BCUT2D eigenvalue weighted by molar-refractivity contribution is 6.10. The molecule has 0 atom stereocenters. The monoisotopic (exact) mass is 397 g/mol. The maximum absolute atomic E-state index is 13.4. The summed E-state index contributed by atoms with van der Waals surface area (Å²) in [7, 11) is 0. The van der Waals surface area contributed by atoms with Crippen LogP contribution < -0.4 is 9.64 Å². The molecule has 0 saturated heterocycles. The minimum atomic E-state index is -0.550. The van der Waals surface area contributed by atoms with Gasteiger partial charge in [-0.1, -0.05) is 48.5 Å². The molecule has 1 aliphatic heterocycles. The number of nitrogens with zero attached hydrogens (tertiary/aromatic N) is 1. The molecule has 0 aromatic heterocycles. The fourth-order valence-corrected chi connectivity index (χ4v) is 3.90. The largest absolute Gasteiger partial charge is 0.423 e. The molecule has 0 saturated carbocycles. The van der Waals surface area contributed by atoms with Crippen LogP contribution in [0.25, 0.3) is 5.57 Å². The Morgan fingerprint density at radius 1 is 0.833 bits per heavy atom. The van der Waals surface area contributed by atoms with Gasteiger partial charge in [0.25, 0.3) is 5.91 Å². The SMILES string of the molecule is CC1=CC(C)(C)N(C(=O)c2ccccc2)c2cc(C(=O)Oc3ccccc3)ccc21. The minimum absolute atomic E-state index is 0.112. The maximum Gasteiger partial charge on any atom is 0.343 e. The number of fused-ring (bicyclic) bond motifs is 1. The second-order valence-corrected chi connectivity index (χ2v) is 7.92. The summed E-state index contributed by atoms with van der Waals surface area (Å²) in [6, 6.07) is 23.5. The average Bonchev–Trinajstić information content (AvgIpc) is 2.74. The van der Waals surface area contributed by atoms with Crippen molar-refractivity contribution in [3.63, 3.8) is 0 Å². The van der Waals surface area contributed by atoms with E-state index >= 15 is 0 Å². The zero-order valence-electron chi connectivity index (χ0n) is 17.3. The predicted molar refractivity (Wildman–Crippen MR) is 119 cm³/mol. The number of anilines is 1.